The molecule has 0 saturated heterocycles. The van der Waals surface area contributed by atoms with Crippen molar-refractivity contribution < 1.29 is 24.2 Å². The van der Waals surface area contributed by atoms with Gasteiger partial charge in [-0.2, -0.15) is 0 Å². The quantitative estimate of drug-likeness (QED) is 0.0868. The zero-order valence-electron chi connectivity index (χ0n) is 28.5. The molecule has 0 amide bonds. The summed E-state index contributed by atoms with van der Waals surface area (Å²) in [7, 11) is 0. The first-order valence-corrected chi connectivity index (χ1v) is 16.7. The number of benzene rings is 3. The van der Waals surface area contributed by atoms with Crippen LogP contribution in [-0.2, 0) is 38.3 Å². The lowest BCUT2D eigenvalue weighted by molar-refractivity contribution is -0.145. The van der Waals surface area contributed by atoms with Crippen molar-refractivity contribution in [2.24, 2.45) is 5.92 Å². The average molecular weight is 625 g/mol. The summed E-state index contributed by atoms with van der Waals surface area (Å²) in [5, 5.41) is 10.1. The van der Waals surface area contributed by atoms with E-state index in [1.807, 2.05) is 0 Å². The highest BCUT2D eigenvalue weighted by Gasteiger charge is 2.26. The Morgan fingerprint density at radius 2 is 1.30 bits per heavy atom. The predicted molar refractivity (Wildman–Crippen MR) is 189 cm³/mol. The number of esters is 2. The van der Waals surface area contributed by atoms with Crippen LogP contribution in [0.1, 0.15) is 83.4 Å². The molecule has 5 heteroatoms. The Labute approximate surface area is 276 Å². The molecule has 3 aromatic carbocycles. The van der Waals surface area contributed by atoms with Crippen LogP contribution in [0.15, 0.2) is 91.0 Å². The molecule has 0 aliphatic rings. The Bertz CT molecular complexity index is 1460. The third-order valence-corrected chi connectivity index (χ3v) is 8.42. The number of unbranched alkanes of at least 4 members (excludes halogenated alkanes) is 2. The van der Waals surface area contributed by atoms with E-state index in [1.165, 1.54) is 72.1 Å². The third kappa shape index (κ3) is 11.1. The zero-order valence-corrected chi connectivity index (χ0v) is 28.5. The van der Waals surface area contributed by atoms with Gasteiger partial charge in [0, 0.05) is 11.5 Å². The largest absolute Gasteiger partial charge is 0.462 e. The molecule has 1 atom stereocenters. The van der Waals surface area contributed by atoms with E-state index in [9.17, 15) is 14.7 Å². The maximum Gasteiger partial charge on any atom is 0.336 e. The molecule has 0 radical (unpaired) electrons. The average Bonchev–Trinajstić information content (AvgIpc) is 3.05. The fraction of sp³-hybridized carbons (Fsp3) is 0.415. The van der Waals surface area contributed by atoms with Gasteiger partial charge in [-0.05, 0) is 98.2 Å². The second-order valence-corrected chi connectivity index (χ2v) is 12.8. The summed E-state index contributed by atoms with van der Waals surface area (Å²) in [5.74, 6) is -1.32. The number of carbonyl (C=O) groups is 2. The van der Waals surface area contributed by atoms with Crippen LogP contribution in [0.3, 0.4) is 0 Å². The Kier molecular flexibility index (Phi) is 14.0. The molecule has 0 saturated carbocycles. The number of aliphatic hydroxyl groups is 1. The summed E-state index contributed by atoms with van der Waals surface area (Å²) in [4.78, 5) is 24.3. The fourth-order valence-corrected chi connectivity index (χ4v) is 5.30. The van der Waals surface area contributed by atoms with Crippen LogP contribution in [0, 0.1) is 5.92 Å². The number of rotatable bonds is 18. The third-order valence-electron chi connectivity index (χ3n) is 8.42. The SMILES string of the molecule is C=C(C)C(=O)OCC(CCCc1ccc(-c2ccc(-c3ccc(CCCCC)cc3)c(CC)c2)cc1)COC(=O)C(=C)C(C)(C)O. The minimum absolute atomic E-state index is 0.0159. The van der Waals surface area contributed by atoms with E-state index in [-0.39, 0.29) is 24.7 Å². The van der Waals surface area contributed by atoms with Gasteiger partial charge in [0.1, 0.15) is 0 Å². The number of aryl methyl sites for hydroxylation is 3. The molecule has 0 heterocycles. The van der Waals surface area contributed by atoms with E-state index in [0.29, 0.717) is 12.0 Å². The fourth-order valence-electron chi connectivity index (χ4n) is 5.30. The summed E-state index contributed by atoms with van der Waals surface area (Å²) in [6.07, 6.45) is 8.22. The lowest BCUT2D eigenvalue weighted by atomic mass is 9.92. The minimum Gasteiger partial charge on any atom is -0.462 e. The van der Waals surface area contributed by atoms with Crippen molar-refractivity contribution in [3.05, 3.63) is 108 Å². The molecule has 0 spiro atoms. The van der Waals surface area contributed by atoms with Crippen molar-refractivity contribution in [3.63, 3.8) is 0 Å². The van der Waals surface area contributed by atoms with Crippen LogP contribution >= 0.6 is 0 Å². The van der Waals surface area contributed by atoms with Gasteiger partial charge in [0.15, 0.2) is 0 Å². The van der Waals surface area contributed by atoms with E-state index in [1.54, 1.807) is 6.92 Å². The Hall–Kier alpha value is -3.96. The van der Waals surface area contributed by atoms with E-state index in [4.69, 9.17) is 9.47 Å². The van der Waals surface area contributed by atoms with Gasteiger partial charge in [0.2, 0.25) is 0 Å². The van der Waals surface area contributed by atoms with E-state index in [0.717, 1.165) is 25.7 Å². The first-order valence-electron chi connectivity index (χ1n) is 16.7. The molecular formula is C41H52O5. The minimum atomic E-state index is -1.37. The normalized spacial score (nSPS) is 12.0. The lowest BCUT2D eigenvalue weighted by Gasteiger charge is -2.21. The molecule has 3 rings (SSSR count). The molecule has 1 N–H and O–H groups in total. The van der Waals surface area contributed by atoms with E-state index in [2.05, 4.69) is 93.7 Å². The molecule has 0 bridgehead atoms. The second kappa shape index (κ2) is 17.7. The van der Waals surface area contributed by atoms with E-state index < -0.39 is 17.5 Å². The number of ether oxygens (including phenoxy) is 2. The predicted octanol–water partition coefficient (Wildman–Crippen LogP) is 9.24. The first-order chi connectivity index (χ1) is 21.9. The number of hydrogen-bond donors (Lipinski definition) is 1. The van der Waals surface area contributed by atoms with Crippen LogP contribution in [0.4, 0.5) is 0 Å². The summed E-state index contributed by atoms with van der Waals surface area (Å²) in [6, 6.07) is 24.5. The van der Waals surface area contributed by atoms with Crippen molar-refractivity contribution in [2.75, 3.05) is 13.2 Å². The van der Waals surface area contributed by atoms with Crippen molar-refractivity contribution in [1.29, 1.82) is 0 Å². The van der Waals surface area contributed by atoms with Gasteiger partial charge in [-0.25, -0.2) is 9.59 Å². The molecule has 0 aromatic heterocycles. The molecule has 46 heavy (non-hydrogen) atoms. The summed E-state index contributed by atoms with van der Waals surface area (Å²) < 4.78 is 10.8. The topological polar surface area (TPSA) is 72.8 Å². The van der Waals surface area contributed by atoms with Crippen molar-refractivity contribution in [3.8, 4) is 22.3 Å². The van der Waals surface area contributed by atoms with Crippen LogP contribution in [0.2, 0.25) is 0 Å². The van der Waals surface area contributed by atoms with Gasteiger partial charge in [-0.3, -0.25) is 0 Å². The van der Waals surface area contributed by atoms with Crippen molar-refractivity contribution >= 4 is 11.9 Å². The van der Waals surface area contributed by atoms with Crippen LogP contribution in [0.5, 0.6) is 0 Å². The number of carbonyl (C=O) groups excluding carboxylic acids is 2. The first kappa shape index (κ1) is 36.5. The van der Waals surface area contributed by atoms with Gasteiger partial charge < -0.3 is 14.6 Å². The highest BCUT2D eigenvalue weighted by atomic mass is 16.5. The molecule has 1 unspecified atom stereocenters. The maximum atomic E-state index is 12.4. The number of hydrogen-bond acceptors (Lipinski definition) is 5. The molecule has 3 aromatic rings. The molecular weight excluding hydrogens is 572 g/mol. The summed E-state index contributed by atoms with van der Waals surface area (Å²) in [5.41, 5.74) is 7.83. The smallest absolute Gasteiger partial charge is 0.336 e. The van der Waals surface area contributed by atoms with Crippen LogP contribution in [-0.4, -0.2) is 35.9 Å². The molecule has 5 nitrogen and oxygen atoms in total. The van der Waals surface area contributed by atoms with Crippen LogP contribution in [0.25, 0.3) is 22.3 Å². The van der Waals surface area contributed by atoms with Gasteiger partial charge in [0.05, 0.1) is 24.4 Å². The monoisotopic (exact) mass is 624 g/mol. The molecule has 0 aliphatic carbocycles. The van der Waals surface area contributed by atoms with Gasteiger partial charge in [-0.1, -0.05) is 107 Å². The zero-order chi connectivity index (χ0) is 33.7. The van der Waals surface area contributed by atoms with Crippen molar-refractivity contribution in [2.45, 2.75) is 91.6 Å². The summed E-state index contributed by atoms with van der Waals surface area (Å²) in [6.45, 7) is 16.5. The molecule has 0 fully saturated rings. The van der Waals surface area contributed by atoms with Gasteiger partial charge in [-0.15, -0.1) is 0 Å². The summed E-state index contributed by atoms with van der Waals surface area (Å²) >= 11 is 0. The molecule has 246 valence electrons. The second-order valence-electron chi connectivity index (χ2n) is 12.8. The highest BCUT2D eigenvalue weighted by Crippen LogP contribution is 2.30. The standard InChI is InChI=1S/C41H52O5/c1-8-10-11-13-31-18-22-36(23-19-31)38-25-24-37(26-34(38)9-2)35-20-16-32(17-21-35)14-12-15-33(27-45-39(42)29(3)4)28-46-40(43)30(5)41(6,7)44/h16-26,33,44H,3,5,8-15,27-28H2,1-2,4,6-7H3. The van der Waals surface area contributed by atoms with Crippen molar-refractivity contribution in [1.82, 2.24) is 0 Å². The van der Waals surface area contributed by atoms with E-state index >= 15 is 0 Å². The Balaban J connectivity index is 1.61. The van der Waals surface area contributed by atoms with Gasteiger partial charge in [0.25, 0.3) is 0 Å². The molecule has 0 aliphatic heterocycles. The van der Waals surface area contributed by atoms with Crippen LogP contribution < -0.4 is 0 Å². The highest BCUT2D eigenvalue weighted by molar-refractivity contribution is 5.89. The Morgan fingerprint density at radius 1 is 0.761 bits per heavy atom. The maximum absolute atomic E-state index is 12.4. The lowest BCUT2D eigenvalue weighted by Crippen LogP contribution is -2.30. The van der Waals surface area contributed by atoms with Gasteiger partial charge >= 0.3 is 11.9 Å². The Morgan fingerprint density at radius 3 is 1.85 bits per heavy atom.